The lowest BCUT2D eigenvalue weighted by Gasteiger charge is -2.15. The van der Waals surface area contributed by atoms with Crippen molar-refractivity contribution in [2.24, 2.45) is 0 Å². The second-order valence-corrected chi connectivity index (χ2v) is 6.65. The van der Waals surface area contributed by atoms with Crippen molar-refractivity contribution in [1.29, 1.82) is 0 Å². The van der Waals surface area contributed by atoms with Crippen LogP contribution in [0.3, 0.4) is 0 Å². The first-order valence-electron chi connectivity index (χ1n) is 9.12. The molecule has 1 heterocycles. The summed E-state index contributed by atoms with van der Waals surface area (Å²) in [4.78, 5) is 22.7. The summed E-state index contributed by atoms with van der Waals surface area (Å²) in [6.45, 7) is 2.04. The fraction of sp³-hybridized carbons (Fsp3) is 0.389. The van der Waals surface area contributed by atoms with Crippen molar-refractivity contribution in [2.45, 2.75) is 19.4 Å². The third-order valence-electron chi connectivity index (χ3n) is 4.29. The van der Waals surface area contributed by atoms with Gasteiger partial charge in [0.25, 0.3) is 5.91 Å². The molecule has 0 fully saturated rings. The fourth-order valence-electron chi connectivity index (χ4n) is 2.58. The molecule has 0 spiro atoms. The third kappa shape index (κ3) is 6.18. The molecule has 0 radical (unpaired) electrons. The highest BCUT2D eigenvalue weighted by molar-refractivity contribution is 7.80. The van der Waals surface area contributed by atoms with Crippen LogP contribution in [0.25, 0.3) is 0 Å². The van der Waals surface area contributed by atoms with E-state index in [4.69, 9.17) is 26.4 Å². The van der Waals surface area contributed by atoms with E-state index in [1.807, 2.05) is 18.2 Å². The lowest BCUT2D eigenvalue weighted by Crippen LogP contribution is -2.49. The molecule has 0 bridgehead atoms. The number of nitro groups is 1. The molecule has 0 aliphatic rings. The standard InChI is InChI=1S/C18H24N6O6S/c1-11(23-10-13(24(26)27)17(22-23)30-4)16(25)20-21-18(31)19-8-7-12-5-6-14(28-2)15(9-12)29-3/h5-6,9-11H,7-8H2,1-4H3,(H,20,25)(H2,19,21,31). The van der Waals surface area contributed by atoms with Crippen LogP contribution in [0, 0.1) is 10.1 Å². The van der Waals surface area contributed by atoms with Crippen molar-refractivity contribution in [2.75, 3.05) is 27.9 Å². The number of hydrogen-bond donors (Lipinski definition) is 3. The minimum absolute atomic E-state index is 0.176. The van der Waals surface area contributed by atoms with Crippen LogP contribution in [0.1, 0.15) is 18.5 Å². The van der Waals surface area contributed by atoms with E-state index in [-0.39, 0.29) is 16.7 Å². The second-order valence-electron chi connectivity index (χ2n) is 6.25. The Morgan fingerprint density at radius 3 is 2.52 bits per heavy atom. The predicted octanol–water partition coefficient (Wildman–Crippen LogP) is 1.12. The molecule has 0 saturated heterocycles. The van der Waals surface area contributed by atoms with Crippen molar-refractivity contribution in [3.63, 3.8) is 0 Å². The van der Waals surface area contributed by atoms with Gasteiger partial charge in [0, 0.05) is 6.54 Å². The molecule has 168 valence electrons. The number of amides is 1. The van der Waals surface area contributed by atoms with Gasteiger partial charge in [-0.2, -0.15) is 0 Å². The van der Waals surface area contributed by atoms with Gasteiger partial charge in [0.15, 0.2) is 16.6 Å². The Hall–Kier alpha value is -3.61. The quantitative estimate of drug-likeness (QED) is 0.288. The number of carbonyl (C=O) groups excluding carboxylic acids is 1. The Kier molecular flexibility index (Phi) is 8.37. The maximum absolute atomic E-state index is 12.3. The highest BCUT2D eigenvalue weighted by atomic mass is 32.1. The highest BCUT2D eigenvalue weighted by Crippen LogP contribution is 2.27. The van der Waals surface area contributed by atoms with Crippen molar-refractivity contribution in [1.82, 2.24) is 25.9 Å². The number of hydrazine groups is 1. The summed E-state index contributed by atoms with van der Waals surface area (Å²) in [6, 6.07) is 4.77. The van der Waals surface area contributed by atoms with Gasteiger partial charge in [-0.05, 0) is 43.3 Å². The normalized spacial score (nSPS) is 11.2. The number of ether oxygens (including phenoxy) is 3. The number of aromatic nitrogens is 2. The molecule has 0 aliphatic heterocycles. The average molecular weight is 452 g/mol. The molecule has 1 amide bonds. The molecule has 12 nitrogen and oxygen atoms in total. The molecule has 3 N–H and O–H groups in total. The van der Waals surface area contributed by atoms with Gasteiger partial charge in [0.05, 0.1) is 26.3 Å². The van der Waals surface area contributed by atoms with Gasteiger partial charge in [0.2, 0.25) is 0 Å². The van der Waals surface area contributed by atoms with Gasteiger partial charge in [-0.1, -0.05) is 6.07 Å². The largest absolute Gasteiger partial charge is 0.493 e. The van der Waals surface area contributed by atoms with E-state index in [0.717, 1.165) is 16.4 Å². The summed E-state index contributed by atoms with van der Waals surface area (Å²) in [5.74, 6) is 0.611. The number of thiocarbonyl (C=S) groups is 1. The van der Waals surface area contributed by atoms with Crippen LogP contribution in [0.15, 0.2) is 24.4 Å². The minimum atomic E-state index is -0.843. The summed E-state index contributed by atoms with van der Waals surface area (Å²) in [5, 5.41) is 18.1. The SMILES string of the molecule is COc1ccc(CCNC(=S)NNC(=O)C(C)n2cc([N+](=O)[O-])c(OC)n2)cc1OC. The van der Waals surface area contributed by atoms with Crippen LogP contribution in [-0.4, -0.2) is 53.6 Å². The van der Waals surface area contributed by atoms with Gasteiger partial charge in [-0.15, -0.1) is 5.10 Å². The second kappa shape index (κ2) is 11.0. The molecular weight excluding hydrogens is 428 g/mol. The summed E-state index contributed by atoms with van der Waals surface area (Å²) in [6.07, 6.45) is 1.78. The van der Waals surface area contributed by atoms with Crippen molar-refractivity contribution < 1.29 is 23.9 Å². The Balaban J connectivity index is 1.82. The first-order chi connectivity index (χ1) is 14.8. The van der Waals surface area contributed by atoms with Crippen LogP contribution in [0.4, 0.5) is 5.69 Å². The number of benzene rings is 1. The molecule has 2 rings (SSSR count). The predicted molar refractivity (Wildman–Crippen MR) is 115 cm³/mol. The number of carbonyl (C=O) groups is 1. The summed E-state index contributed by atoms with van der Waals surface area (Å²) in [7, 11) is 4.40. The molecule has 2 aromatic rings. The molecule has 1 atom stereocenters. The van der Waals surface area contributed by atoms with E-state index in [1.54, 1.807) is 14.2 Å². The Labute approximate surface area is 184 Å². The van der Waals surface area contributed by atoms with Crippen molar-refractivity contribution in [3.8, 4) is 17.4 Å². The summed E-state index contributed by atoms with van der Waals surface area (Å²) < 4.78 is 16.5. The van der Waals surface area contributed by atoms with Crippen LogP contribution in [-0.2, 0) is 11.2 Å². The summed E-state index contributed by atoms with van der Waals surface area (Å²) in [5.41, 5.74) is 5.71. The fourth-order valence-corrected chi connectivity index (χ4v) is 2.73. The zero-order chi connectivity index (χ0) is 23.0. The third-order valence-corrected chi connectivity index (χ3v) is 4.54. The van der Waals surface area contributed by atoms with Crippen LogP contribution in [0.5, 0.6) is 17.4 Å². The van der Waals surface area contributed by atoms with Crippen LogP contribution >= 0.6 is 12.2 Å². The number of nitrogens with one attached hydrogen (secondary N) is 3. The van der Waals surface area contributed by atoms with E-state index in [0.29, 0.717) is 24.5 Å². The number of rotatable bonds is 9. The zero-order valence-electron chi connectivity index (χ0n) is 17.5. The monoisotopic (exact) mass is 452 g/mol. The summed E-state index contributed by atoms with van der Waals surface area (Å²) >= 11 is 5.14. The van der Waals surface area contributed by atoms with E-state index in [1.165, 1.54) is 14.0 Å². The van der Waals surface area contributed by atoms with E-state index < -0.39 is 16.9 Å². The van der Waals surface area contributed by atoms with Gasteiger partial charge in [-0.25, -0.2) is 4.68 Å². The van der Waals surface area contributed by atoms with E-state index >= 15 is 0 Å². The lowest BCUT2D eigenvalue weighted by atomic mass is 10.1. The van der Waals surface area contributed by atoms with Crippen LogP contribution in [0.2, 0.25) is 0 Å². The van der Waals surface area contributed by atoms with Crippen molar-refractivity contribution in [3.05, 3.63) is 40.1 Å². The number of methoxy groups -OCH3 is 3. The van der Waals surface area contributed by atoms with Gasteiger partial charge >= 0.3 is 11.6 Å². The Morgan fingerprint density at radius 2 is 1.94 bits per heavy atom. The Morgan fingerprint density at radius 1 is 1.23 bits per heavy atom. The molecule has 31 heavy (non-hydrogen) atoms. The maximum Gasteiger partial charge on any atom is 0.350 e. The molecule has 1 aromatic carbocycles. The number of nitrogens with zero attached hydrogens (tertiary/aromatic N) is 3. The topological polar surface area (TPSA) is 142 Å². The van der Waals surface area contributed by atoms with Crippen LogP contribution < -0.4 is 30.4 Å². The van der Waals surface area contributed by atoms with Gasteiger partial charge < -0.3 is 19.5 Å². The van der Waals surface area contributed by atoms with E-state index in [9.17, 15) is 14.9 Å². The maximum atomic E-state index is 12.3. The first-order valence-corrected chi connectivity index (χ1v) is 9.53. The first kappa shape index (κ1) is 23.7. The minimum Gasteiger partial charge on any atom is -0.493 e. The average Bonchev–Trinajstić information content (AvgIpc) is 3.21. The highest BCUT2D eigenvalue weighted by Gasteiger charge is 2.25. The molecule has 0 aliphatic carbocycles. The molecule has 0 saturated carbocycles. The van der Waals surface area contributed by atoms with Gasteiger partial charge in [-0.3, -0.25) is 25.8 Å². The van der Waals surface area contributed by atoms with E-state index in [2.05, 4.69) is 21.3 Å². The molecular formula is C18H24N6O6S. The van der Waals surface area contributed by atoms with Gasteiger partial charge in [0.1, 0.15) is 12.2 Å². The van der Waals surface area contributed by atoms with Crippen molar-refractivity contribution >= 4 is 28.9 Å². The zero-order valence-corrected chi connectivity index (χ0v) is 18.3. The molecule has 1 unspecified atom stereocenters. The molecule has 1 aromatic heterocycles. The smallest absolute Gasteiger partial charge is 0.350 e. The molecule has 13 heteroatoms. The number of hydrogen-bond acceptors (Lipinski definition) is 8. The lowest BCUT2D eigenvalue weighted by molar-refractivity contribution is -0.385. The Bertz CT molecular complexity index is 950.